The lowest BCUT2D eigenvalue weighted by Crippen LogP contribution is -2.45. The Morgan fingerprint density at radius 2 is 1.73 bits per heavy atom. The maximum Gasteiger partial charge on any atom is 0.373 e. The third kappa shape index (κ3) is 4.69. The monoisotopic (exact) mass is 314 g/mol. The topological polar surface area (TPSA) is 51.4 Å². The maximum atomic E-state index is 12.4. The van der Waals surface area contributed by atoms with Gasteiger partial charge in [0.2, 0.25) is 0 Å². The molecule has 0 aromatic heterocycles. The van der Waals surface area contributed by atoms with E-state index in [0.29, 0.717) is 6.61 Å². The number of unbranched alkanes of at least 4 members (excludes halogenated alkanes) is 2. The summed E-state index contributed by atoms with van der Waals surface area (Å²) in [5.41, 5.74) is -0.135. The van der Waals surface area contributed by atoms with E-state index in [0.717, 1.165) is 32.1 Å². The quantitative estimate of drug-likeness (QED) is 0.264. The van der Waals surface area contributed by atoms with E-state index in [9.17, 15) is 4.79 Å². The van der Waals surface area contributed by atoms with E-state index in [2.05, 4.69) is 34.6 Å². The molecule has 1 unspecified atom stereocenters. The van der Waals surface area contributed by atoms with E-state index in [-0.39, 0.29) is 17.3 Å². The van der Waals surface area contributed by atoms with Crippen molar-refractivity contribution in [2.45, 2.75) is 86.4 Å². The van der Waals surface area contributed by atoms with Crippen molar-refractivity contribution < 1.29 is 19.3 Å². The number of hydrogen-bond acceptors (Lipinski definition) is 4. The first-order chi connectivity index (χ1) is 10.1. The molecule has 1 atom stereocenters. The van der Waals surface area contributed by atoms with E-state index in [1.54, 1.807) is 0 Å². The van der Waals surface area contributed by atoms with Crippen LogP contribution in [0.5, 0.6) is 0 Å². The lowest BCUT2D eigenvalue weighted by atomic mass is 9.70. The van der Waals surface area contributed by atoms with Gasteiger partial charge in [-0.25, -0.2) is 4.79 Å². The van der Waals surface area contributed by atoms with Gasteiger partial charge in [-0.15, -0.1) is 0 Å². The van der Waals surface area contributed by atoms with E-state index in [4.69, 9.17) is 14.5 Å². The molecule has 0 aromatic rings. The van der Waals surface area contributed by atoms with Gasteiger partial charge in [0.05, 0.1) is 6.61 Å². The smallest absolute Gasteiger partial charge is 0.373 e. The summed E-state index contributed by atoms with van der Waals surface area (Å²) < 4.78 is 5.36. The molecule has 1 saturated heterocycles. The fraction of sp³-hybridized carbons (Fsp3) is 0.944. The molecule has 0 N–H and O–H groups in total. The van der Waals surface area contributed by atoms with Crippen molar-refractivity contribution in [3.05, 3.63) is 0 Å². The van der Waals surface area contributed by atoms with Gasteiger partial charge in [0.15, 0.2) is 0 Å². The Hall–Kier alpha value is -0.610. The van der Waals surface area contributed by atoms with Crippen LogP contribution in [0.15, 0.2) is 0 Å². The second kappa shape index (κ2) is 7.31. The second-order valence-electron chi connectivity index (χ2n) is 8.35. The first kappa shape index (κ1) is 19.4. The number of carbonyl (C=O) groups is 1. The molecule has 1 aliphatic heterocycles. The summed E-state index contributed by atoms with van der Waals surface area (Å²) in [6, 6.07) is 0. The summed E-state index contributed by atoms with van der Waals surface area (Å²) in [5.74, 6) is -1.30. The molecule has 0 bridgehead atoms. The molecule has 4 heteroatoms. The number of ether oxygens (including phenoxy) is 1. The minimum atomic E-state index is -1.21. The van der Waals surface area contributed by atoms with Gasteiger partial charge in [-0.1, -0.05) is 61.3 Å². The average Bonchev–Trinajstić information content (AvgIpc) is 3.21. The number of esters is 1. The van der Waals surface area contributed by atoms with Crippen LogP contribution in [-0.2, 0) is 19.3 Å². The molecule has 0 radical (unpaired) electrons. The van der Waals surface area contributed by atoms with E-state index >= 15 is 0 Å². The second-order valence-corrected chi connectivity index (χ2v) is 8.35. The van der Waals surface area contributed by atoms with Gasteiger partial charge in [0.1, 0.15) is 0 Å². The summed E-state index contributed by atoms with van der Waals surface area (Å²) in [4.78, 5) is 22.7. The van der Waals surface area contributed by atoms with Crippen LogP contribution in [0.2, 0.25) is 0 Å². The Labute approximate surface area is 135 Å². The molecule has 1 aliphatic rings. The van der Waals surface area contributed by atoms with Gasteiger partial charge in [0.25, 0.3) is 0 Å². The molecule has 130 valence electrons. The third-order valence-electron chi connectivity index (χ3n) is 4.91. The molecule has 0 amide bonds. The highest BCUT2D eigenvalue weighted by Crippen LogP contribution is 2.52. The summed E-state index contributed by atoms with van der Waals surface area (Å²) in [5, 5.41) is 0. The SMILES string of the molecule is CCCCCOC(=O)C1(C(C)(C)C(C)CCC(C)(C)C)OO1. The van der Waals surface area contributed by atoms with E-state index in [1.165, 1.54) is 0 Å². The van der Waals surface area contributed by atoms with Crippen LogP contribution in [0.25, 0.3) is 0 Å². The van der Waals surface area contributed by atoms with Crippen LogP contribution < -0.4 is 0 Å². The number of rotatable bonds is 9. The molecular weight excluding hydrogens is 280 g/mol. The van der Waals surface area contributed by atoms with Crippen LogP contribution in [0.4, 0.5) is 0 Å². The first-order valence-corrected chi connectivity index (χ1v) is 8.61. The standard InChI is InChI=1S/C18H34O4/c1-8-9-10-13-20-15(19)18(21-22-18)17(6,7)14(2)11-12-16(3,4)5/h14H,8-13H2,1-7H3. The zero-order chi connectivity index (χ0) is 17.0. The molecule has 4 nitrogen and oxygen atoms in total. The molecule has 1 rings (SSSR count). The highest BCUT2D eigenvalue weighted by molar-refractivity contribution is 5.80. The normalized spacial score (nSPS) is 18.9. The van der Waals surface area contributed by atoms with Crippen LogP contribution in [-0.4, -0.2) is 18.4 Å². The van der Waals surface area contributed by atoms with Crippen LogP contribution in [0.1, 0.15) is 80.6 Å². The van der Waals surface area contributed by atoms with Crippen molar-refractivity contribution >= 4 is 5.97 Å². The molecule has 0 aliphatic carbocycles. The van der Waals surface area contributed by atoms with Crippen LogP contribution in [0, 0.1) is 16.7 Å². The molecule has 0 aromatic carbocycles. The fourth-order valence-electron chi connectivity index (χ4n) is 2.53. The predicted molar refractivity (Wildman–Crippen MR) is 87.0 cm³/mol. The van der Waals surface area contributed by atoms with Gasteiger partial charge in [-0.3, -0.25) is 0 Å². The molecule has 0 spiro atoms. The van der Waals surface area contributed by atoms with Crippen LogP contribution >= 0.6 is 0 Å². The number of hydrogen-bond donors (Lipinski definition) is 0. The predicted octanol–water partition coefficient (Wildman–Crippen LogP) is 4.87. The van der Waals surface area contributed by atoms with Crippen molar-refractivity contribution in [1.82, 2.24) is 0 Å². The Kier molecular flexibility index (Phi) is 6.46. The largest absolute Gasteiger partial charge is 0.462 e. The van der Waals surface area contributed by atoms with E-state index in [1.807, 2.05) is 13.8 Å². The van der Waals surface area contributed by atoms with Gasteiger partial charge in [-0.05, 0) is 30.6 Å². The van der Waals surface area contributed by atoms with Crippen LogP contribution in [0.3, 0.4) is 0 Å². The Bertz CT molecular complexity index is 364. The fourth-order valence-corrected chi connectivity index (χ4v) is 2.53. The highest BCUT2D eigenvalue weighted by atomic mass is 17.4. The Balaban J connectivity index is 2.59. The zero-order valence-electron chi connectivity index (χ0n) is 15.5. The average molecular weight is 314 g/mol. The van der Waals surface area contributed by atoms with Gasteiger partial charge < -0.3 is 4.74 Å². The van der Waals surface area contributed by atoms with Crippen molar-refractivity contribution in [2.24, 2.45) is 16.7 Å². The van der Waals surface area contributed by atoms with Gasteiger partial charge in [0, 0.05) is 5.41 Å². The summed E-state index contributed by atoms with van der Waals surface area (Å²) in [6.45, 7) is 15.5. The van der Waals surface area contributed by atoms with Gasteiger partial charge in [-0.2, -0.15) is 9.78 Å². The Morgan fingerprint density at radius 3 is 2.18 bits per heavy atom. The highest BCUT2D eigenvalue weighted by Gasteiger charge is 2.69. The van der Waals surface area contributed by atoms with E-state index < -0.39 is 11.2 Å². The maximum absolute atomic E-state index is 12.4. The van der Waals surface area contributed by atoms with Gasteiger partial charge >= 0.3 is 11.8 Å². The minimum Gasteiger partial charge on any atom is -0.462 e. The number of carbonyl (C=O) groups excluding carboxylic acids is 1. The third-order valence-corrected chi connectivity index (χ3v) is 4.91. The van der Waals surface area contributed by atoms with Crippen molar-refractivity contribution in [3.8, 4) is 0 Å². The molecular formula is C18H34O4. The lowest BCUT2D eigenvalue weighted by Gasteiger charge is -2.34. The molecule has 22 heavy (non-hydrogen) atoms. The molecule has 1 heterocycles. The minimum absolute atomic E-state index is 0.281. The summed E-state index contributed by atoms with van der Waals surface area (Å²) in [7, 11) is 0. The summed E-state index contributed by atoms with van der Waals surface area (Å²) in [6.07, 6.45) is 5.17. The molecule has 1 fully saturated rings. The van der Waals surface area contributed by atoms with Crippen molar-refractivity contribution in [1.29, 1.82) is 0 Å². The Morgan fingerprint density at radius 1 is 1.14 bits per heavy atom. The zero-order valence-corrected chi connectivity index (χ0v) is 15.5. The van der Waals surface area contributed by atoms with Crippen molar-refractivity contribution in [3.63, 3.8) is 0 Å². The van der Waals surface area contributed by atoms with Crippen molar-refractivity contribution in [2.75, 3.05) is 6.61 Å². The lowest BCUT2D eigenvalue weighted by molar-refractivity contribution is -0.158. The molecule has 0 saturated carbocycles. The first-order valence-electron chi connectivity index (χ1n) is 8.61. The summed E-state index contributed by atoms with van der Waals surface area (Å²) >= 11 is 0.